The molecule has 5 rings (SSSR count). The van der Waals surface area contributed by atoms with Gasteiger partial charge in [-0.15, -0.1) is 0 Å². The van der Waals surface area contributed by atoms with Crippen molar-refractivity contribution in [3.05, 3.63) is 97.2 Å². The van der Waals surface area contributed by atoms with Gasteiger partial charge in [0, 0.05) is 17.4 Å². The molecule has 4 aromatic rings. The van der Waals surface area contributed by atoms with Crippen LogP contribution in [-0.2, 0) is 0 Å². The molecular weight excluding hydrogens is 416 g/mol. The number of nitrogens with zero attached hydrogens (tertiary/aromatic N) is 2. The number of fused-ring (bicyclic) bond motifs is 1. The summed E-state index contributed by atoms with van der Waals surface area (Å²) >= 11 is 0. The predicted molar refractivity (Wildman–Crippen MR) is 129 cm³/mol. The van der Waals surface area contributed by atoms with Gasteiger partial charge in [0.15, 0.2) is 11.6 Å². The number of amides is 2. The molecule has 7 nitrogen and oxygen atoms in total. The minimum atomic E-state index is -0.243. The van der Waals surface area contributed by atoms with Crippen molar-refractivity contribution >= 4 is 28.9 Å². The molecule has 0 unspecified atom stereocenters. The van der Waals surface area contributed by atoms with Crippen molar-refractivity contribution in [1.29, 1.82) is 0 Å². The zero-order valence-corrected chi connectivity index (χ0v) is 17.8. The molecule has 0 saturated carbocycles. The number of carbonyl (C=O) groups is 1. The largest absolute Gasteiger partial charge is 0.488 e. The zero-order valence-electron chi connectivity index (χ0n) is 17.8. The van der Waals surface area contributed by atoms with E-state index in [4.69, 9.17) is 9.47 Å². The first-order chi connectivity index (χ1) is 16.2. The second-order valence-electron chi connectivity index (χ2n) is 7.41. The Kier molecular flexibility index (Phi) is 5.75. The molecule has 0 aliphatic carbocycles. The average molecular weight is 438 g/mol. The third-order valence-corrected chi connectivity index (χ3v) is 5.05. The number of anilines is 4. The summed E-state index contributed by atoms with van der Waals surface area (Å²) in [4.78, 5) is 18.8. The number of urea groups is 1. The Bertz CT molecular complexity index is 1230. The molecule has 2 N–H and O–H groups in total. The van der Waals surface area contributed by atoms with E-state index in [1.165, 1.54) is 0 Å². The van der Waals surface area contributed by atoms with Gasteiger partial charge in [0.25, 0.3) is 0 Å². The number of pyridine rings is 1. The minimum absolute atomic E-state index is 0.243. The molecular formula is C26H22N4O3. The van der Waals surface area contributed by atoms with Gasteiger partial charge < -0.3 is 20.1 Å². The van der Waals surface area contributed by atoms with Crippen LogP contribution in [0.5, 0.6) is 17.2 Å². The molecule has 0 spiro atoms. The first kappa shape index (κ1) is 20.4. The van der Waals surface area contributed by atoms with E-state index in [-0.39, 0.29) is 6.03 Å². The maximum atomic E-state index is 12.8. The lowest BCUT2D eigenvalue weighted by Gasteiger charge is -2.28. The molecule has 7 heteroatoms. The molecule has 1 aliphatic rings. The van der Waals surface area contributed by atoms with Crippen LogP contribution in [0.3, 0.4) is 0 Å². The van der Waals surface area contributed by atoms with Gasteiger partial charge in [-0.1, -0.05) is 36.4 Å². The molecule has 0 radical (unpaired) electrons. The number of aromatic nitrogens is 1. The van der Waals surface area contributed by atoms with E-state index in [9.17, 15) is 4.79 Å². The predicted octanol–water partition coefficient (Wildman–Crippen LogP) is 6.05. The fraction of sp³-hybridized carbons (Fsp3) is 0.0769. The highest BCUT2D eigenvalue weighted by Gasteiger charge is 2.25. The number of para-hydroxylation sites is 2. The number of ether oxygens (including phenoxy) is 2. The van der Waals surface area contributed by atoms with Gasteiger partial charge >= 0.3 is 6.03 Å². The molecule has 164 valence electrons. The first-order valence-corrected chi connectivity index (χ1v) is 10.6. The fourth-order valence-electron chi connectivity index (χ4n) is 3.48. The van der Waals surface area contributed by atoms with E-state index in [0.717, 1.165) is 28.6 Å². The molecule has 33 heavy (non-hydrogen) atoms. The van der Waals surface area contributed by atoms with E-state index < -0.39 is 0 Å². The van der Waals surface area contributed by atoms with Crippen molar-refractivity contribution in [2.75, 3.05) is 28.7 Å². The van der Waals surface area contributed by atoms with Crippen LogP contribution in [0.2, 0.25) is 0 Å². The van der Waals surface area contributed by atoms with E-state index in [1.807, 2.05) is 91.0 Å². The van der Waals surface area contributed by atoms with Crippen LogP contribution in [0.1, 0.15) is 0 Å². The summed E-state index contributed by atoms with van der Waals surface area (Å²) in [6, 6.07) is 28.2. The number of benzene rings is 3. The summed E-state index contributed by atoms with van der Waals surface area (Å²) in [5.74, 6) is 2.58. The Morgan fingerprint density at radius 1 is 0.848 bits per heavy atom. The number of hydrogen-bond donors (Lipinski definition) is 2. The maximum absolute atomic E-state index is 12.8. The molecule has 0 fully saturated rings. The Morgan fingerprint density at radius 2 is 1.55 bits per heavy atom. The summed E-state index contributed by atoms with van der Waals surface area (Å²) in [6.07, 6.45) is 1.69. The topological polar surface area (TPSA) is 75.7 Å². The maximum Gasteiger partial charge on any atom is 0.327 e. The van der Waals surface area contributed by atoms with Gasteiger partial charge in [-0.3, -0.25) is 4.90 Å². The summed E-state index contributed by atoms with van der Waals surface area (Å²) in [5, 5.41) is 6.21. The van der Waals surface area contributed by atoms with E-state index in [2.05, 4.69) is 15.6 Å². The van der Waals surface area contributed by atoms with Gasteiger partial charge in [0.05, 0.1) is 18.4 Å². The normalized spacial score (nSPS) is 12.3. The third kappa shape index (κ3) is 4.88. The van der Waals surface area contributed by atoms with Crippen molar-refractivity contribution in [3.63, 3.8) is 0 Å². The van der Waals surface area contributed by atoms with Gasteiger partial charge in [0.2, 0.25) is 0 Å². The highest BCUT2D eigenvalue weighted by Crippen LogP contribution is 2.33. The van der Waals surface area contributed by atoms with Crippen LogP contribution in [0, 0.1) is 0 Å². The molecule has 2 heterocycles. The molecule has 1 aromatic heterocycles. The van der Waals surface area contributed by atoms with Crippen molar-refractivity contribution < 1.29 is 14.3 Å². The van der Waals surface area contributed by atoms with Crippen LogP contribution in [0.25, 0.3) is 0 Å². The molecule has 0 bridgehead atoms. The summed E-state index contributed by atoms with van der Waals surface area (Å²) < 4.78 is 11.6. The SMILES string of the molecule is O=C(Nc1ccccc1)N1CCOc2cc(Nc3ccc(Oc4ccccc4)cc3)cnc21. The number of carbonyl (C=O) groups excluding carboxylic acids is 1. The Hall–Kier alpha value is -4.52. The Balaban J connectivity index is 1.27. The highest BCUT2D eigenvalue weighted by molar-refractivity contribution is 6.02. The average Bonchev–Trinajstić information content (AvgIpc) is 2.86. The number of nitrogens with one attached hydrogen (secondary N) is 2. The quantitative estimate of drug-likeness (QED) is 0.397. The van der Waals surface area contributed by atoms with Crippen molar-refractivity contribution in [2.24, 2.45) is 0 Å². The lowest BCUT2D eigenvalue weighted by molar-refractivity contribution is 0.249. The molecule has 1 aliphatic heterocycles. The summed E-state index contributed by atoms with van der Waals surface area (Å²) in [5.41, 5.74) is 2.37. The molecule has 0 atom stereocenters. The van der Waals surface area contributed by atoms with Crippen molar-refractivity contribution in [2.45, 2.75) is 0 Å². The Labute approximate surface area is 191 Å². The lowest BCUT2D eigenvalue weighted by atomic mass is 10.2. The standard InChI is InChI=1S/C26H22N4O3/c31-26(29-19-7-3-1-4-8-19)30-15-16-32-24-17-21(18-27-25(24)30)28-20-11-13-23(14-12-20)33-22-9-5-2-6-10-22/h1-14,17-18,28H,15-16H2,(H,29,31). The van der Waals surface area contributed by atoms with Crippen molar-refractivity contribution in [1.82, 2.24) is 4.98 Å². The monoisotopic (exact) mass is 438 g/mol. The van der Waals surface area contributed by atoms with Gasteiger partial charge in [-0.05, 0) is 48.5 Å². The summed E-state index contributed by atoms with van der Waals surface area (Å²) in [6.45, 7) is 0.820. The number of hydrogen-bond acceptors (Lipinski definition) is 5. The number of rotatable bonds is 5. The van der Waals surface area contributed by atoms with Crippen LogP contribution >= 0.6 is 0 Å². The fourth-order valence-corrected chi connectivity index (χ4v) is 3.48. The van der Waals surface area contributed by atoms with Gasteiger partial charge in [-0.2, -0.15) is 0 Å². The minimum Gasteiger partial charge on any atom is -0.488 e. The van der Waals surface area contributed by atoms with E-state index >= 15 is 0 Å². The van der Waals surface area contributed by atoms with Crippen LogP contribution in [0.15, 0.2) is 97.2 Å². The van der Waals surface area contributed by atoms with Gasteiger partial charge in [0.1, 0.15) is 18.1 Å². The molecule has 3 aromatic carbocycles. The summed E-state index contributed by atoms with van der Waals surface area (Å²) in [7, 11) is 0. The smallest absolute Gasteiger partial charge is 0.327 e. The van der Waals surface area contributed by atoms with Crippen LogP contribution in [0.4, 0.5) is 27.7 Å². The van der Waals surface area contributed by atoms with Gasteiger partial charge in [-0.25, -0.2) is 9.78 Å². The lowest BCUT2D eigenvalue weighted by Crippen LogP contribution is -2.41. The van der Waals surface area contributed by atoms with Crippen molar-refractivity contribution in [3.8, 4) is 17.2 Å². The molecule has 2 amide bonds. The second kappa shape index (κ2) is 9.32. The second-order valence-corrected chi connectivity index (χ2v) is 7.41. The third-order valence-electron chi connectivity index (χ3n) is 5.05. The van der Waals surface area contributed by atoms with E-state index in [1.54, 1.807) is 11.1 Å². The van der Waals surface area contributed by atoms with E-state index in [0.29, 0.717) is 24.7 Å². The first-order valence-electron chi connectivity index (χ1n) is 10.6. The van der Waals surface area contributed by atoms with Crippen LogP contribution < -0.4 is 25.0 Å². The Morgan fingerprint density at radius 3 is 2.30 bits per heavy atom. The zero-order chi connectivity index (χ0) is 22.5. The van der Waals surface area contributed by atoms with Crippen LogP contribution in [-0.4, -0.2) is 24.2 Å². The molecule has 0 saturated heterocycles. The highest BCUT2D eigenvalue weighted by atomic mass is 16.5.